The zero-order valence-electron chi connectivity index (χ0n) is 17.3. The number of nitrogens with one attached hydrogen (secondary N) is 2. The molecule has 0 aliphatic carbocycles. The van der Waals surface area contributed by atoms with Crippen molar-refractivity contribution >= 4 is 23.6 Å². The smallest absolute Gasteiger partial charge is 0.408 e. The molecule has 32 heavy (non-hydrogen) atoms. The Balaban J connectivity index is 1.99. The highest BCUT2D eigenvalue weighted by Crippen LogP contribution is 2.13. The van der Waals surface area contributed by atoms with E-state index in [2.05, 4.69) is 10.6 Å². The summed E-state index contributed by atoms with van der Waals surface area (Å²) in [5.41, 5.74) is 6.49. The molecule has 0 aliphatic rings. The summed E-state index contributed by atoms with van der Waals surface area (Å²) in [5.74, 6) is -1.70. The lowest BCUT2D eigenvalue weighted by Gasteiger charge is -2.23. The molecule has 3 amide bonds. The molecule has 5 N–H and O–H groups in total. The Labute approximate surface area is 183 Å². The van der Waals surface area contributed by atoms with Gasteiger partial charge in [0.15, 0.2) is 0 Å². The molecule has 0 radical (unpaired) electrons. The van der Waals surface area contributed by atoms with Gasteiger partial charge in [-0.25, -0.2) is 4.79 Å². The van der Waals surface area contributed by atoms with Crippen LogP contribution < -0.4 is 16.4 Å². The lowest BCUT2D eigenvalue weighted by atomic mass is 10.0. The first-order valence-corrected chi connectivity index (χ1v) is 9.65. The van der Waals surface area contributed by atoms with Crippen LogP contribution in [0, 0.1) is 10.1 Å². The molecule has 0 saturated heterocycles. The number of hydrogen-bond donors (Lipinski definition) is 4. The Hall–Kier alpha value is -3.99. The number of aliphatic hydroxyl groups excluding tert-OH is 1. The number of aliphatic hydroxyl groups is 1. The molecule has 11 heteroatoms. The zero-order chi connectivity index (χ0) is 23.7. The van der Waals surface area contributed by atoms with Crippen LogP contribution in [0.3, 0.4) is 0 Å². The van der Waals surface area contributed by atoms with Crippen LogP contribution in [0.4, 0.5) is 10.5 Å². The van der Waals surface area contributed by atoms with Crippen LogP contribution in [0.5, 0.6) is 0 Å². The fourth-order valence-corrected chi connectivity index (χ4v) is 2.77. The van der Waals surface area contributed by atoms with E-state index in [0.717, 1.165) is 5.56 Å². The summed E-state index contributed by atoms with van der Waals surface area (Å²) in [7, 11) is 0. The summed E-state index contributed by atoms with van der Waals surface area (Å²) >= 11 is 0. The van der Waals surface area contributed by atoms with Crippen LogP contribution in [0.25, 0.3) is 0 Å². The lowest BCUT2D eigenvalue weighted by molar-refractivity contribution is -0.384. The first kappa shape index (κ1) is 24.3. The molecule has 2 rings (SSSR count). The maximum atomic E-state index is 12.6. The predicted octanol–water partition coefficient (Wildman–Crippen LogP) is 0.783. The molecule has 170 valence electrons. The second kappa shape index (κ2) is 11.4. The molecule has 2 aromatic carbocycles. The maximum absolute atomic E-state index is 12.6. The average molecular weight is 444 g/mol. The van der Waals surface area contributed by atoms with Gasteiger partial charge in [0.2, 0.25) is 11.8 Å². The molecular formula is C21H24N4O7. The Bertz CT molecular complexity index is 948. The summed E-state index contributed by atoms with van der Waals surface area (Å²) in [6.45, 7) is 1.25. The summed E-state index contributed by atoms with van der Waals surface area (Å²) in [6, 6.07) is 11.7. The van der Waals surface area contributed by atoms with Gasteiger partial charge in [-0.2, -0.15) is 0 Å². The quantitative estimate of drug-likeness (QED) is 0.309. The first-order valence-electron chi connectivity index (χ1n) is 9.65. The number of nitro benzene ring substituents is 1. The van der Waals surface area contributed by atoms with Crippen molar-refractivity contribution in [1.82, 2.24) is 10.6 Å². The number of rotatable bonds is 10. The summed E-state index contributed by atoms with van der Waals surface area (Å²) in [6.07, 6.45) is -2.27. The summed E-state index contributed by atoms with van der Waals surface area (Å²) < 4.78 is 5.05. The van der Waals surface area contributed by atoms with Gasteiger partial charge >= 0.3 is 6.09 Å². The van der Waals surface area contributed by atoms with Gasteiger partial charge in [-0.1, -0.05) is 42.5 Å². The van der Waals surface area contributed by atoms with Gasteiger partial charge in [0.1, 0.15) is 18.7 Å². The predicted molar refractivity (Wildman–Crippen MR) is 113 cm³/mol. The van der Waals surface area contributed by atoms with Gasteiger partial charge in [0, 0.05) is 18.6 Å². The van der Waals surface area contributed by atoms with Crippen LogP contribution in [0.2, 0.25) is 0 Å². The van der Waals surface area contributed by atoms with E-state index in [4.69, 9.17) is 10.5 Å². The Morgan fingerprint density at radius 3 is 2.22 bits per heavy atom. The third-order valence-electron chi connectivity index (χ3n) is 4.50. The molecule has 0 fully saturated rings. The number of carbonyl (C=O) groups excluding carboxylic acids is 3. The molecule has 2 aromatic rings. The van der Waals surface area contributed by atoms with E-state index >= 15 is 0 Å². The molecular weight excluding hydrogens is 420 g/mol. The van der Waals surface area contributed by atoms with Gasteiger partial charge in [-0.05, 0) is 18.1 Å². The van der Waals surface area contributed by atoms with E-state index in [1.807, 2.05) is 6.07 Å². The van der Waals surface area contributed by atoms with E-state index < -0.39 is 41.0 Å². The SMILES string of the molecule is C[C@@H](O)[C@H](NC(=O)OCc1ccccc1)C(=O)N[C@H](Cc1ccc([N+](=O)[O-])cc1)C(N)=O. The summed E-state index contributed by atoms with van der Waals surface area (Å²) in [5, 5.41) is 25.3. The van der Waals surface area contributed by atoms with E-state index in [1.54, 1.807) is 24.3 Å². The highest BCUT2D eigenvalue weighted by molar-refractivity contribution is 5.91. The highest BCUT2D eigenvalue weighted by Gasteiger charge is 2.29. The number of ether oxygens (including phenoxy) is 1. The number of amides is 3. The van der Waals surface area contributed by atoms with E-state index in [-0.39, 0.29) is 18.7 Å². The minimum Gasteiger partial charge on any atom is -0.445 e. The van der Waals surface area contributed by atoms with Crippen molar-refractivity contribution in [1.29, 1.82) is 0 Å². The third-order valence-corrected chi connectivity index (χ3v) is 4.50. The van der Waals surface area contributed by atoms with Crippen LogP contribution in [0.15, 0.2) is 54.6 Å². The van der Waals surface area contributed by atoms with E-state index in [0.29, 0.717) is 5.56 Å². The molecule has 0 bridgehead atoms. The second-order valence-electron chi connectivity index (χ2n) is 7.02. The molecule has 0 saturated carbocycles. The fraction of sp³-hybridized carbons (Fsp3) is 0.286. The number of hydrogen-bond acceptors (Lipinski definition) is 7. The van der Waals surface area contributed by atoms with Crippen molar-refractivity contribution < 1.29 is 29.2 Å². The van der Waals surface area contributed by atoms with Crippen LogP contribution in [-0.2, 0) is 27.4 Å². The van der Waals surface area contributed by atoms with Crippen molar-refractivity contribution in [2.45, 2.75) is 38.1 Å². The van der Waals surface area contributed by atoms with E-state index in [1.165, 1.54) is 31.2 Å². The largest absolute Gasteiger partial charge is 0.445 e. The van der Waals surface area contributed by atoms with Gasteiger partial charge in [0.25, 0.3) is 5.69 Å². The fourth-order valence-electron chi connectivity index (χ4n) is 2.77. The number of non-ortho nitro benzene ring substituents is 1. The van der Waals surface area contributed by atoms with Crippen molar-refractivity contribution in [3.8, 4) is 0 Å². The van der Waals surface area contributed by atoms with Crippen molar-refractivity contribution in [3.05, 3.63) is 75.8 Å². The first-order chi connectivity index (χ1) is 15.2. The normalized spacial score (nSPS) is 13.3. The minimum absolute atomic E-state index is 0.0368. The Kier molecular flexibility index (Phi) is 8.66. The van der Waals surface area contributed by atoms with E-state index in [9.17, 15) is 29.6 Å². The lowest BCUT2D eigenvalue weighted by Crippen LogP contribution is -2.57. The number of benzene rings is 2. The highest BCUT2D eigenvalue weighted by atomic mass is 16.6. The van der Waals surface area contributed by atoms with Gasteiger partial charge in [0.05, 0.1) is 11.0 Å². The maximum Gasteiger partial charge on any atom is 0.408 e. The summed E-state index contributed by atoms with van der Waals surface area (Å²) in [4.78, 5) is 46.7. The molecule has 0 aliphatic heterocycles. The topological polar surface area (TPSA) is 174 Å². The second-order valence-corrected chi connectivity index (χ2v) is 7.02. The van der Waals surface area contributed by atoms with Crippen LogP contribution >= 0.6 is 0 Å². The average Bonchev–Trinajstić information content (AvgIpc) is 2.76. The molecule has 3 atom stereocenters. The molecule has 0 unspecified atom stereocenters. The number of nitrogens with two attached hydrogens (primary N) is 1. The zero-order valence-corrected chi connectivity index (χ0v) is 17.3. The Morgan fingerprint density at radius 2 is 1.69 bits per heavy atom. The number of primary amides is 1. The molecule has 0 spiro atoms. The van der Waals surface area contributed by atoms with Gasteiger partial charge in [-0.15, -0.1) is 0 Å². The van der Waals surface area contributed by atoms with Crippen LogP contribution in [0.1, 0.15) is 18.1 Å². The van der Waals surface area contributed by atoms with Crippen molar-refractivity contribution in [2.24, 2.45) is 5.73 Å². The third kappa shape index (κ3) is 7.36. The van der Waals surface area contributed by atoms with Gasteiger partial charge < -0.3 is 26.2 Å². The van der Waals surface area contributed by atoms with Crippen LogP contribution in [-0.4, -0.2) is 46.1 Å². The molecule has 0 heterocycles. The molecule has 11 nitrogen and oxygen atoms in total. The van der Waals surface area contributed by atoms with Crippen molar-refractivity contribution in [2.75, 3.05) is 0 Å². The molecule has 0 aromatic heterocycles. The number of carbonyl (C=O) groups is 3. The monoisotopic (exact) mass is 444 g/mol. The Morgan fingerprint density at radius 1 is 1.06 bits per heavy atom. The van der Waals surface area contributed by atoms with Gasteiger partial charge in [-0.3, -0.25) is 19.7 Å². The number of nitrogens with zero attached hydrogens (tertiary/aromatic N) is 1. The number of alkyl carbamates (subject to hydrolysis) is 1. The number of nitro groups is 1. The minimum atomic E-state index is -1.41. The standard InChI is InChI=1S/C21H24N4O7/c1-13(26)18(24-21(29)32-12-15-5-3-2-4-6-15)20(28)23-17(19(22)27)11-14-7-9-16(10-8-14)25(30)31/h2-10,13,17-18,26H,11-12H2,1H3,(H2,22,27)(H,23,28)(H,24,29)/t13-,17-,18+/m1/s1. The van der Waals surface area contributed by atoms with Crippen molar-refractivity contribution in [3.63, 3.8) is 0 Å².